The Kier molecular flexibility index (Phi) is 5.34. The van der Waals surface area contributed by atoms with E-state index >= 15 is 0 Å². The third-order valence-corrected chi connectivity index (χ3v) is 3.88. The molecule has 1 aromatic carbocycles. The van der Waals surface area contributed by atoms with E-state index in [-0.39, 0.29) is 12.2 Å². The summed E-state index contributed by atoms with van der Waals surface area (Å²) in [7, 11) is 1.71. The van der Waals surface area contributed by atoms with E-state index in [0.29, 0.717) is 21.8 Å². The first-order valence-electron chi connectivity index (χ1n) is 6.53. The summed E-state index contributed by atoms with van der Waals surface area (Å²) < 4.78 is 11.4. The Morgan fingerprint density at radius 3 is 2.79 bits per heavy atom. The predicted molar refractivity (Wildman–Crippen MR) is 78.4 cm³/mol. The molecule has 1 fully saturated rings. The van der Waals surface area contributed by atoms with Gasteiger partial charge in [-0.25, -0.2) is 0 Å². The van der Waals surface area contributed by atoms with E-state index in [4.69, 9.17) is 32.7 Å². The van der Waals surface area contributed by atoms with Crippen molar-refractivity contribution >= 4 is 23.2 Å². The lowest BCUT2D eigenvalue weighted by atomic mass is 9.85. The van der Waals surface area contributed by atoms with Gasteiger partial charge in [0.05, 0.1) is 5.02 Å². The molecule has 19 heavy (non-hydrogen) atoms. The Hall–Kier alpha value is -0.480. The first kappa shape index (κ1) is 14.9. The summed E-state index contributed by atoms with van der Waals surface area (Å²) in [6, 6.07) is 5.62. The molecule has 1 aliphatic carbocycles. The highest BCUT2D eigenvalue weighted by molar-refractivity contribution is 6.35. The normalized spacial score (nSPS) is 26.0. The second-order valence-electron chi connectivity index (χ2n) is 4.73. The molecule has 1 saturated carbocycles. The van der Waals surface area contributed by atoms with Crippen LogP contribution in [0.5, 0.6) is 5.75 Å². The lowest BCUT2D eigenvalue weighted by Gasteiger charge is -2.43. The lowest BCUT2D eigenvalue weighted by Crippen LogP contribution is -2.61. The van der Waals surface area contributed by atoms with Gasteiger partial charge in [-0.15, -0.1) is 0 Å². The minimum absolute atomic E-state index is 0.0398. The molecule has 3 atom stereocenters. The monoisotopic (exact) mass is 303 g/mol. The van der Waals surface area contributed by atoms with Gasteiger partial charge in [-0.3, -0.25) is 0 Å². The second kappa shape index (κ2) is 6.80. The zero-order chi connectivity index (χ0) is 13.8. The highest BCUT2D eigenvalue weighted by atomic mass is 35.5. The topological polar surface area (TPSA) is 30.5 Å². The molecule has 3 nitrogen and oxygen atoms in total. The van der Waals surface area contributed by atoms with Crippen LogP contribution in [0, 0.1) is 0 Å². The largest absolute Gasteiger partial charge is 0.486 e. The molecule has 106 valence electrons. The zero-order valence-corrected chi connectivity index (χ0v) is 12.7. The molecule has 1 aromatic rings. The molecule has 0 bridgehead atoms. The Balaban J connectivity index is 1.93. The number of benzene rings is 1. The third-order valence-electron chi connectivity index (χ3n) is 3.35. The fourth-order valence-electron chi connectivity index (χ4n) is 2.28. The van der Waals surface area contributed by atoms with Gasteiger partial charge in [0.15, 0.2) is 0 Å². The number of nitrogens with one attached hydrogen (secondary N) is 1. The summed E-state index contributed by atoms with van der Waals surface area (Å²) in [4.78, 5) is 0. The Morgan fingerprint density at radius 1 is 1.37 bits per heavy atom. The van der Waals surface area contributed by atoms with Crippen LogP contribution < -0.4 is 10.1 Å². The van der Waals surface area contributed by atoms with Crippen molar-refractivity contribution in [2.24, 2.45) is 0 Å². The number of hydrogen-bond acceptors (Lipinski definition) is 3. The van der Waals surface area contributed by atoms with E-state index in [1.807, 2.05) is 0 Å². The second-order valence-corrected chi connectivity index (χ2v) is 5.57. The molecule has 1 N–H and O–H groups in total. The van der Waals surface area contributed by atoms with E-state index in [9.17, 15) is 0 Å². The van der Waals surface area contributed by atoms with Gasteiger partial charge in [0, 0.05) is 24.6 Å². The third kappa shape index (κ3) is 3.54. The number of ether oxygens (including phenoxy) is 2. The van der Waals surface area contributed by atoms with Crippen LogP contribution in [0.3, 0.4) is 0 Å². The number of halogens is 2. The average Bonchev–Trinajstić information content (AvgIpc) is 2.35. The fraction of sp³-hybridized carbons (Fsp3) is 0.571. The van der Waals surface area contributed by atoms with Gasteiger partial charge in [-0.05, 0) is 31.2 Å². The van der Waals surface area contributed by atoms with E-state index in [1.54, 1.807) is 25.3 Å². The van der Waals surface area contributed by atoms with Crippen molar-refractivity contribution in [3.8, 4) is 5.75 Å². The van der Waals surface area contributed by atoms with Gasteiger partial charge < -0.3 is 14.8 Å². The summed E-state index contributed by atoms with van der Waals surface area (Å²) in [5, 5.41) is 4.59. The number of hydrogen-bond donors (Lipinski definition) is 1. The van der Waals surface area contributed by atoms with Gasteiger partial charge >= 0.3 is 0 Å². The quantitative estimate of drug-likeness (QED) is 0.872. The summed E-state index contributed by atoms with van der Waals surface area (Å²) in [5.41, 5.74) is 0. The Labute approximate surface area is 124 Å². The minimum atomic E-state index is 0.0398. The first-order chi connectivity index (χ1) is 9.15. The van der Waals surface area contributed by atoms with Gasteiger partial charge in [0.2, 0.25) is 0 Å². The van der Waals surface area contributed by atoms with Gasteiger partial charge in [-0.1, -0.05) is 30.1 Å². The van der Waals surface area contributed by atoms with Crippen molar-refractivity contribution < 1.29 is 9.47 Å². The Morgan fingerprint density at radius 2 is 2.16 bits per heavy atom. The SMILES string of the molecule is CCCNC1CC(Oc2ccc(Cl)cc2Cl)C1OC. The maximum absolute atomic E-state index is 6.10. The predicted octanol–water partition coefficient (Wildman–Crippen LogP) is 3.53. The highest BCUT2D eigenvalue weighted by Gasteiger charge is 2.43. The molecular weight excluding hydrogens is 285 g/mol. The van der Waals surface area contributed by atoms with Crippen LogP contribution in [0.2, 0.25) is 10.0 Å². The molecular formula is C14H19Cl2NO2. The molecule has 0 amide bonds. The van der Waals surface area contributed by atoms with Crippen molar-refractivity contribution in [1.29, 1.82) is 0 Å². The molecule has 0 spiro atoms. The van der Waals surface area contributed by atoms with Crippen LogP contribution in [0.1, 0.15) is 19.8 Å². The van der Waals surface area contributed by atoms with Crippen LogP contribution in [0.25, 0.3) is 0 Å². The molecule has 2 rings (SSSR count). The van der Waals surface area contributed by atoms with Crippen molar-refractivity contribution in [3.63, 3.8) is 0 Å². The minimum Gasteiger partial charge on any atom is -0.486 e. The van der Waals surface area contributed by atoms with Crippen LogP contribution in [-0.2, 0) is 4.74 Å². The van der Waals surface area contributed by atoms with E-state index in [0.717, 1.165) is 19.4 Å². The Bertz CT molecular complexity index is 428. The van der Waals surface area contributed by atoms with Gasteiger partial charge in [-0.2, -0.15) is 0 Å². The van der Waals surface area contributed by atoms with E-state index in [2.05, 4.69) is 12.2 Å². The molecule has 0 aromatic heterocycles. The molecule has 0 saturated heterocycles. The van der Waals surface area contributed by atoms with Crippen LogP contribution in [-0.4, -0.2) is 31.9 Å². The standard InChI is InChI=1S/C14H19Cl2NO2/c1-3-6-17-11-8-13(14(11)18-2)19-12-5-4-9(15)7-10(12)16/h4-5,7,11,13-14,17H,3,6,8H2,1-2H3. The fourth-order valence-corrected chi connectivity index (χ4v) is 2.73. The van der Waals surface area contributed by atoms with Crippen LogP contribution in [0.15, 0.2) is 18.2 Å². The molecule has 0 heterocycles. The van der Waals surface area contributed by atoms with Gasteiger partial charge in [0.25, 0.3) is 0 Å². The number of methoxy groups -OCH3 is 1. The smallest absolute Gasteiger partial charge is 0.138 e. The number of rotatable bonds is 6. The molecule has 5 heteroatoms. The van der Waals surface area contributed by atoms with Crippen LogP contribution >= 0.6 is 23.2 Å². The van der Waals surface area contributed by atoms with Crippen LogP contribution in [0.4, 0.5) is 0 Å². The molecule has 1 aliphatic rings. The summed E-state index contributed by atoms with van der Waals surface area (Å²) in [6.45, 7) is 3.15. The zero-order valence-electron chi connectivity index (χ0n) is 11.2. The van der Waals surface area contributed by atoms with Crippen molar-refractivity contribution in [2.75, 3.05) is 13.7 Å². The molecule has 0 aliphatic heterocycles. The lowest BCUT2D eigenvalue weighted by molar-refractivity contribution is -0.0886. The van der Waals surface area contributed by atoms with Crippen molar-refractivity contribution in [3.05, 3.63) is 28.2 Å². The molecule has 0 radical (unpaired) electrons. The molecule has 3 unspecified atom stereocenters. The summed E-state index contributed by atoms with van der Waals surface area (Å²) in [5.74, 6) is 0.659. The van der Waals surface area contributed by atoms with Crippen molar-refractivity contribution in [1.82, 2.24) is 5.32 Å². The maximum Gasteiger partial charge on any atom is 0.138 e. The summed E-state index contributed by atoms with van der Waals surface area (Å²) >= 11 is 12.0. The summed E-state index contributed by atoms with van der Waals surface area (Å²) in [6.07, 6.45) is 2.15. The highest BCUT2D eigenvalue weighted by Crippen LogP contribution is 2.33. The van der Waals surface area contributed by atoms with E-state index < -0.39 is 0 Å². The van der Waals surface area contributed by atoms with Gasteiger partial charge in [0.1, 0.15) is 18.0 Å². The maximum atomic E-state index is 6.10. The first-order valence-corrected chi connectivity index (χ1v) is 7.29. The van der Waals surface area contributed by atoms with E-state index in [1.165, 1.54) is 0 Å². The average molecular weight is 304 g/mol. The van der Waals surface area contributed by atoms with Crippen molar-refractivity contribution in [2.45, 2.75) is 38.0 Å².